The standard InChI is InChI=1S/C20H26NO.BF4/c1-13-11-17(20(2,3)4)22-19-15-8-6-10-21-9-5-7-14(18(15)21)12-16(13)19;2-1(3,4)5/h8,11-12,17H,5-7,9-10H2,1-4H3;/q+1;-1. The van der Waals surface area contributed by atoms with Crippen LogP contribution in [0.1, 0.15) is 51.7 Å². The van der Waals surface area contributed by atoms with Crippen molar-refractivity contribution in [1.82, 2.24) is 4.58 Å². The van der Waals surface area contributed by atoms with Gasteiger partial charge in [0, 0.05) is 29.4 Å². The van der Waals surface area contributed by atoms with Crippen LogP contribution >= 0.6 is 0 Å². The molecule has 1 aromatic rings. The Kier molecular flexibility index (Phi) is 5.17. The molecule has 0 aromatic heterocycles. The summed E-state index contributed by atoms with van der Waals surface area (Å²) in [7, 11) is -6.00. The summed E-state index contributed by atoms with van der Waals surface area (Å²) in [4.78, 5) is 0. The van der Waals surface area contributed by atoms with Crippen LogP contribution in [0.5, 0.6) is 5.75 Å². The van der Waals surface area contributed by atoms with E-state index in [4.69, 9.17) is 4.74 Å². The SMILES string of the molecule is CC1=CC(C(C)(C)C)Oc2c1cc1c3c2=CCC[N+]=3CCC1.F[B-](F)(F)F. The minimum absolute atomic E-state index is 0.121. The molecule has 7 heteroatoms. The van der Waals surface area contributed by atoms with E-state index >= 15 is 0 Å². The summed E-state index contributed by atoms with van der Waals surface area (Å²) in [6.45, 7) is 11.4. The zero-order chi connectivity index (χ0) is 20.0. The number of hydrogen-bond acceptors (Lipinski definition) is 1. The molecule has 0 aliphatic carbocycles. The molecule has 0 fully saturated rings. The quantitative estimate of drug-likeness (QED) is 0.377. The molecule has 0 N–H and O–H groups in total. The van der Waals surface area contributed by atoms with Crippen molar-refractivity contribution in [3.63, 3.8) is 0 Å². The van der Waals surface area contributed by atoms with Crippen molar-refractivity contribution >= 4 is 18.9 Å². The summed E-state index contributed by atoms with van der Waals surface area (Å²) in [5, 5.41) is 2.82. The Morgan fingerprint density at radius 1 is 1.15 bits per heavy atom. The van der Waals surface area contributed by atoms with Gasteiger partial charge in [-0.25, -0.2) is 4.58 Å². The summed E-state index contributed by atoms with van der Waals surface area (Å²) < 4.78 is 48.1. The highest BCUT2D eigenvalue weighted by molar-refractivity contribution is 6.50. The fraction of sp³-hybridized carbons (Fsp3) is 0.550. The number of allylic oxidation sites excluding steroid dienone is 1. The van der Waals surface area contributed by atoms with Crippen LogP contribution in [-0.4, -0.2) is 26.4 Å². The maximum Gasteiger partial charge on any atom is 0.673 e. The molecule has 0 amide bonds. The van der Waals surface area contributed by atoms with Gasteiger partial charge in [0.05, 0.1) is 5.22 Å². The van der Waals surface area contributed by atoms with Gasteiger partial charge in [-0.3, -0.25) is 0 Å². The van der Waals surface area contributed by atoms with Crippen molar-refractivity contribution in [3.8, 4) is 5.75 Å². The number of aryl methyl sites for hydroxylation is 1. The van der Waals surface area contributed by atoms with Crippen molar-refractivity contribution in [2.24, 2.45) is 5.41 Å². The van der Waals surface area contributed by atoms with Crippen molar-refractivity contribution in [1.29, 1.82) is 0 Å². The maximum absolute atomic E-state index is 9.75. The molecule has 0 saturated carbocycles. The Balaban J connectivity index is 0.000000376. The Morgan fingerprint density at radius 2 is 1.81 bits per heavy atom. The fourth-order valence-corrected chi connectivity index (χ4v) is 3.97. The third-order valence-corrected chi connectivity index (χ3v) is 5.23. The molecule has 3 aliphatic rings. The molecule has 0 radical (unpaired) electrons. The van der Waals surface area contributed by atoms with Crippen molar-refractivity contribution in [2.45, 2.75) is 53.1 Å². The molecule has 4 rings (SSSR count). The Labute approximate surface area is 157 Å². The summed E-state index contributed by atoms with van der Waals surface area (Å²) in [5.41, 5.74) is 4.32. The van der Waals surface area contributed by atoms with E-state index < -0.39 is 7.25 Å². The van der Waals surface area contributed by atoms with Gasteiger partial charge in [-0.2, -0.15) is 0 Å². The molecule has 1 aromatic carbocycles. The lowest BCUT2D eigenvalue weighted by molar-refractivity contribution is 0.124. The fourth-order valence-electron chi connectivity index (χ4n) is 3.97. The number of nitrogens with zero attached hydrogens (tertiary/aromatic N) is 1. The summed E-state index contributed by atoms with van der Waals surface area (Å²) in [6.07, 6.45) is 8.48. The van der Waals surface area contributed by atoms with E-state index in [1.54, 1.807) is 0 Å². The first-order valence-corrected chi connectivity index (χ1v) is 9.46. The van der Waals surface area contributed by atoms with Gasteiger partial charge in [0.15, 0.2) is 0 Å². The average Bonchev–Trinajstić information content (AvgIpc) is 2.54. The van der Waals surface area contributed by atoms with Crippen LogP contribution < -0.4 is 19.9 Å². The normalized spacial score (nSPS) is 21.0. The third kappa shape index (κ3) is 4.38. The highest BCUT2D eigenvalue weighted by atomic mass is 19.5. The average molecular weight is 383 g/mol. The van der Waals surface area contributed by atoms with E-state index in [2.05, 4.69) is 50.5 Å². The first-order valence-electron chi connectivity index (χ1n) is 9.46. The van der Waals surface area contributed by atoms with Gasteiger partial charge in [0.1, 0.15) is 24.9 Å². The van der Waals surface area contributed by atoms with Gasteiger partial charge in [-0.1, -0.05) is 26.8 Å². The summed E-state index contributed by atoms with van der Waals surface area (Å²) in [6, 6.07) is 2.39. The maximum atomic E-state index is 9.75. The van der Waals surface area contributed by atoms with E-state index in [1.807, 2.05) is 0 Å². The summed E-state index contributed by atoms with van der Waals surface area (Å²) >= 11 is 0. The highest BCUT2D eigenvalue weighted by Crippen LogP contribution is 2.35. The molecule has 27 heavy (non-hydrogen) atoms. The predicted octanol–water partition coefficient (Wildman–Crippen LogP) is 3.82. The van der Waals surface area contributed by atoms with Crippen LogP contribution in [0.3, 0.4) is 0 Å². The van der Waals surface area contributed by atoms with Crippen LogP contribution in [0.2, 0.25) is 0 Å². The van der Waals surface area contributed by atoms with E-state index in [-0.39, 0.29) is 11.5 Å². The van der Waals surface area contributed by atoms with Gasteiger partial charge in [0.2, 0.25) is 5.36 Å². The minimum atomic E-state index is -6.00. The highest BCUT2D eigenvalue weighted by Gasteiger charge is 2.32. The molecule has 148 valence electrons. The second-order valence-corrected chi connectivity index (χ2v) is 8.51. The van der Waals surface area contributed by atoms with Crippen LogP contribution in [0.4, 0.5) is 17.3 Å². The van der Waals surface area contributed by atoms with Crippen LogP contribution in [0, 0.1) is 5.41 Å². The lowest BCUT2D eigenvalue weighted by atomic mass is 9.84. The van der Waals surface area contributed by atoms with Gasteiger partial charge < -0.3 is 22.0 Å². The van der Waals surface area contributed by atoms with Crippen molar-refractivity contribution in [3.05, 3.63) is 33.8 Å². The van der Waals surface area contributed by atoms with E-state index in [9.17, 15) is 17.3 Å². The van der Waals surface area contributed by atoms with Crippen molar-refractivity contribution < 1.29 is 22.0 Å². The molecule has 3 heterocycles. The lowest BCUT2D eigenvalue weighted by Gasteiger charge is -2.34. The van der Waals surface area contributed by atoms with Crippen LogP contribution in [0.25, 0.3) is 11.6 Å². The number of fused-ring (bicyclic) bond motifs is 2. The summed E-state index contributed by atoms with van der Waals surface area (Å²) in [5.74, 6) is 1.13. The van der Waals surface area contributed by atoms with E-state index in [0.29, 0.717) is 0 Å². The molecule has 2 nitrogen and oxygen atoms in total. The molecular formula is C20H26BF4NO. The van der Waals surface area contributed by atoms with Crippen LogP contribution in [-0.2, 0) is 6.42 Å². The third-order valence-electron chi connectivity index (χ3n) is 5.23. The Morgan fingerprint density at radius 3 is 2.44 bits per heavy atom. The van der Waals surface area contributed by atoms with Gasteiger partial charge in [-0.05, 0) is 31.1 Å². The molecule has 0 spiro atoms. The van der Waals surface area contributed by atoms with Gasteiger partial charge in [0.25, 0.3) is 0 Å². The van der Waals surface area contributed by atoms with Crippen LogP contribution in [0.15, 0.2) is 12.1 Å². The second kappa shape index (κ2) is 6.99. The first kappa shape index (κ1) is 20.0. The second-order valence-electron chi connectivity index (χ2n) is 8.51. The number of hydrogen-bond donors (Lipinski definition) is 0. The topological polar surface area (TPSA) is 12.2 Å². The Bertz CT molecular complexity index is 891. The molecule has 0 bridgehead atoms. The van der Waals surface area contributed by atoms with Crippen molar-refractivity contribution in [2.75, 3.05) is 13.1 Å². The predicted molar refractivity (Wildman–Crippen MR) is 102 cm³/mol. The number of benzene rings is 1. The minimum Gasteiger partial charge on any atom is -0.484 e. The zero-order valence-corrected chi connectivity index (χ0v) is 16.3. The van der Waals surface area contributed by atoms with E-state index in [0.717, 1.165) is 18.7 Å². The largest absolute Gasteiger partial charge is 0.673 e. The smallest absolute Gasteiger partial charge is 0.484 e. The first-order chi connectivity index (χ1) is 12.4. The zero-order valence-electron chi connectivity index (χ0n) is 16.3. The monoisotopic (exact) mass is 383 g/mol. The molecule has 3 aliphatic heterocycles. The van der Waals surface area contributed by atoms with Gasteiger partial charge >= 0.3 is 7.25 Å². The molecule has 1 unspecified atom stereocenters. The molecule has 1 atom stereocenters. The lowest BCUT2D eigenvalue weighted by Crippen LogP contribution is -2.50. The molecule has 0 saturated heterocycles. The Hall–Kier alpha value is -1.79. The number of ether oxygens (including phenoxy) is 1. The molecular weight excluding hydrogens is 357 g/mol. The van der Waals surface area contributed by atoms with Gasteiger partial charge in [-0.15, -0.1) is 0 Å². The number of rotatable bonds is 0. The number of halogens is 4. The van der Waals surface area contributed by atoms with E-state index in [1.165, 1.54) is 46.7 Å².